The molecule has 0 unspecified atom stereocenters. The lowest BCUT2D eigenvalue weighted by atomic mass is 10.1. The summed E-state index contributed by atoms with van der Waals surface area (Å²) in [6.45, 7) is 9.76. The minimum Gasteiger partial charge on any atom is -0.393 e. The van der Waals surface area contributed by atoms with E-state index in [-0.39, 0.29) is 6.10 Å². The standard InChI is InChI=1S/C20H34N4O/c1-3-5-12-22-20(21-4-2)23-15-17-6-8-18(9-7-17)16-24-13-10-19(25)11-14-24/h6-9,19,25H,3-5,10-16H2,1-2H3,(H2,21,22,23). The minimum atomic E-state index is -0.103. The lowest BCUT2D eigenvalue weighted by Crippen LogP contribution is -2.37. The van der Waals surface area contributed by atoms with Crippen molar-refractivity contribution in [3.05, 3.63) is 35.4 Å². The van der Waals surface area contributed by atoms with Gasteiger partial charge in [-0.3, -0.25) is 4.90 Å². The maximum atomic E-state index is 9.59. The Morgan fingerprint density at radius 2 is 1.80 bits per heavy atom. The predicted molar refractivity (Wildman–Crippen MR) is 105 cm³/mol. The smallest absolute Gasteiger partial charge is 0.191 e. The topological polar surface area (TPSA) is 59.9 Å². The molecule has 140 valence electrons. The van der Waals surface area contributed by atoms with Crippen molar-refractivity contribution in [2.24, 2.45) is 4.99 Å². The van der Waals surface area contributed by atoms with E-state index in [1.807, 2.05) is 0 Å². The van der Waals surface area contributed by atoms with Crippen molar-refractivity contribution < 1.29 is 5.11 Å². The zero-order valence-electron chi connectivity index (χ0n) is 15.8. The van der Waals surface area contributed by atoms with E-state index in [2.05, 4.69) is 58.6 Å². The Hall–Kier alpha value is -1.59. The van der Waals surface area contributed by atoms with Gasteiger partial charge in [0.1, 0.15) is 0 Å². The first-order valence-electron chi connectivity index (χ1n) is 9.71. The molecule has 0 radical (unpaired) electrons. The number of piperidine rings is 1. The maximum Gasteiger partial charge on any atom is 0.191 e. The largest absolute Gasteiger partial charge is 0.393 e. The summed E-state index contributed by atoms with van der Waals surface area (Å²) in [5.41, 5.74) is 2.56. The van der Waals surface area contributed by atoms with Gasteiger partial charge in [0.25, 0.3) is 0 Å². The number of rotatable bonds is 8. The Balaban J connectivity index is 1.82. The van der Waals surface area contributed by atoms with Crippen LogP contribution in [0.25, 0.3) is 0 Å². The second-order valence-electron chi connectivity index (χ2n) is 6.80. The van der Waals surface area contributed by atoms with Crippen LogP contribution in [-0.2, 0) is 13.1 Å². The first-order chi connectivity index (χ1) is 12.2. The Labute approximate surface area is 152 Å². The Morgan fingerprint density at radius 3 is 2.44 bits per heavy atom. The molecule has 1 aliphatic heterocycles. The fourth-order valence-corrected chi connectivity index (χ4v) is 2.98. The van der Waals surface area contributed by atoms with Crippen LogP contribution in [0, 0.1) is 0 Å². The maximum absolute atomic E-state index is 9.59. The van der Waals surface area contributed by atoms with Gasteiger partial charge in [0, 0.05) is 32.7 Å². The van der Waals surface area contributed by atoms with Crippen molar-refractivity contribution in [2.75, 3.05) is 26.2 Å². The molecule has 3 N–H and O–H groups in total. The van der Waals surface area contributed by atoms with Gasteiger partial charge < -0.3 is 15.7 Å². The van der Waals surface area contributed by atoms with Crippen LogP contribution >= 0.6 is 0 Å². The quantitative estimate of drug-likeness (QED) is 0.384. The number of benzene rings is 1. The van der Waals surface area contributed by atoms with Crippen LogP contribution in [0.1, 0.15) is 50.7 Å². The lowest BCUT2D eigenvalue weighted by molar-refractivity contribution is 0.0792. The number of aliphatic imine (C=N–C) groups is 1. The second kappa shape index (κ2) is 11.1. The van der Waals surface area contributed by atoms with Crippen molar-refractivity contribution in [3.8, 4) is 0 Å². The molecule has 5 heteroatoms. The molecule has 1 fully saturated rings. The van der Waals surface area contributed by atoms with E-state index in [1.54, 1.807) is 0 Å². The SMILES string of the molecule is CCCCNC(=NCc1ccc(CN2CCC(O)CC2)cc1)NCC. The molecule has 1 aromatic rings. The summed E-state index contributed by atoms with van der Waals surface area (Å²) in [5.74, 6) is 0.895. The number of guanidine groups is 1. The summed E-state index contributed by atoms with van der Waals surface area (Å²) >= 11 is 0. The number of hydrogen-bond acceptors (Lipinski definition) is 3. The number of aliphatic hydroxyl groups excluding tert-OH is 1. The molecule has 0 aromatic heterocycles. The summed E-state index contributed by atoms with van der Waals surface area (Å²) in [5, 5.41) is 16.3. The number of nitrogens with one attached hydrogen (secondary N) is 2. The summed E-state index contributed by atoms with van der Waals surface area (Å²) < 4.78 is 0. The van der Waals surface area contributed by atoms with Crippen molar-refractivity contribution in [3.63, 3.8) is 0 Å². The van der Waals surface area contributed by atoms with E-state index in [1.165, 1.54) is 17.5 Å². The van der Waals surface area contributed by atoms with Crippen molar-refractivity contribution >= 4 is 5.96 Å². The van der Waals surface area contributed by atoms with Crippen LogP contribution in [-0.4, -0.2) is 48.2 Å². The molecule has 5 nitrogen and oxygen atoms in total. The van der Waals surface area contributed by atoms with Crippen LogP contribution in [0.15, 0.2) is 29.3 Å². The summed E-state index contributed by atoms with van der Waals surface area (Å²) in [6, 6.07) is 8.75. The van der Waals surface area contributed by atoms with Crippen LogP contribution in [0.2, 0.25) is 0 Å². The average Bonchev–Trinajstić information content (AvgIpc) is 2.63. The van der Waals surface area contributed by atoms with Gasteiger partial charge in [-0.25, -0.2) is 4.99 Å². The molecule has 0 saturated carbocycles. The molecular weight excluding hydrogens is 312 g/mol. The molecule has 25 heavy (non-hydrogen) atoms. The van der Waals surface area contributed by atoms with Crippen LogP contribution in [0.5, 0.6) is 0 Å². The fourth-order valence-electron chi connectivity index (χ4n) is 2.98. The van der Waals surface area contributed by atoms with Crippen LogP contribution in [0.3, 0.4) is 0 Å². The van der Waals surface area contributed by atoms with Gasteiger partial charge in [0.15, 0.2) is 5.96 Å². The summed E-state index contributed by atoms with van der Waals surface area (Å²) in [6.07, 6.45) is 4.03. The van der Waals surface area contributed by atoms with Gasteiger partial charge in [-0.1, -0.05) is 37.6 Å². The van der Waals surface area contributed by atoms with E-state index in [9.17, 15) is 5.11 Å². The van der Waals surface area contributed by atoms with Gasteiger partial charge in [-0.2, -0.15) is 0 Å². The van der Waals surface area contributed by atoms with Crippen LogP contribution < -0.4 is 10.6 Å². The van der Waals surface area contributed by atoms with Crippen LogP contribution in [0.4, 0.5) is 0 Å². The summed E-state index contributed by atoms with van der Waals surface area (Å²) in [7, 11) is 0. The fraction of sp³-hybridized carbons (Fsp3) is 0.650. The third-order valence-corrected chi connectivity index (χ3v) is 4.57. The number of likely N-dealkylation sites (tertiary alicyclic amines) is 1. The summed E-state index contributed by atoms with van der Waals surface area (Å²) in [4.78, 5) is 7.08. The Kier molecular flexibility index (Phi) is 8.77. The molecule has 2 rings (SSSR count). The second-order valence-corrected chi connectivity index (χ2v) is 6.80. The molecule has 0 atom stereocenters. The normalized spacial score (nSPS) is 16.8. The Morgan fingerprint density at radius 1 is 1.12 bits per heavy atom. The number of hydrogen-bond donors (Lipinski definition) is 3. The highest BCUT2D eigenvalue weighted by Gasteiger charge is 2.16. The zero-order chi connectivity index (χ0) is 17.9. The first kappa shape index (κ1) is 19.7. The molecule has 1 aromatic carbocycles. The zero-order valence-corrected chi connectivity index (χ0v) is 15.8. The van der Waals surface area contributed by atoms with Crippen molar-refractivity contribution in [2.45, 2.75) is 58.7 Å². The highest BCUT2D eigenvalue weighted by atomic mass is 16.3. The molecule has 1 aliphatic rings. The van der Waals surface area contributed by atoms with E-state index in [0.717, 1.165) is 57.9 Å². The average molecular weight is 347 g/mol. The highest BCUT2D eigenvalue weighted by Crippen LogP contribution is 2.14. The van der Waals surface area contributed by atoms with Gasteiger partial charge in [0.05, 0.1) is 12.6 Å². The third kappa shape index (κ3) is 7.45. The predicted octanol–water partition coefficient (Wildman–Crippen LogP) is 2.50. The van der Waals surface area contributed by atoms with Gasteiger partial charge in [0.2, 0.25) is 0 Å². The Bertz CT molecular complexity index is 507. The van der Waals surface area contributed by atoms with Gasteiger partial charge >= 0.3 is 0 Å². The number of unbranched alkanes of at least 4 members (excludes halogenated alkanes) is 1. The number of aliphatic hydroxyl groups is 1. The monoisotopic (exact) mass is 346 g/mol. The molecule has 0 amide bonds. The van der Waals surface area contributed by atoms with Gasteiger partial charge in [-0.05, 0) is 37.3 Å². The third-order valence-electron chi connectivity index (χ3n) is 4.57. The minimum absolute atomic E-state index is 0.103. The van der Waals surface area contributed by atoms with E-state index in [4.69, 9.17) is 0 Å². The number of nitrogens with zero attached hydrogens (tertiary/aromatic N) is 2. The van der Waals surface area contributed by atoms with E-state index >= 15 is 0 Å². The molecule has 0 bridgehead atoms. The lowest BCUT2D eigenvalue weighted by Gasteiger charge is -2.29. The molecular formula is C20H34N4O. The van der Waals surface area contributed by atoms with Crippen molar-refractivity contribution in [1.82, 2.24) is 15.5 Å². The van der Waals surface area contributed by atoms with E-state index in [0.29, 0.717) is 6.54 Å². The molecule has 1 heterocycles. The van der Waals surface area contributed by atoms with Crippen molar-refractivity contribution in [1.29, 1.82) is 0 Å². The van der Waals surface area contributed by atoms with Gasteiger partial charge in [-0.15, -0.1) is 0 Å². The molecule has 0 aliphatic carbocycles. The first-order valence-corrected chi connectivity index (χ1v) is 9.71. The molecule has 1 saturated heterocycles. The highest BCUT2D eigenvalue weighted by molar-refractivity contribution is 5.79. The molecule has 0 spiro atoms. The van der Waals surface area contributed by atoms with E-state index < -0.39 is 0 Å².